The van der Waals surface area contributed by atoms with Crippen LogP contribution in [0.1, 0.15) is 16.1 Å². The van der Waals surface area contributed by atoms with Gasteiger partial charge in [0.15, 0.2) is 0 Å². The number of carbonyl (C=O) groups is 1. The van der Waals surface area contributed by atoms with E-state index in [9.17, 15) is 4.79 Å². The van der Waals surface area contributed by atoms with Crippen LogP contribution in [0.15, 0.2) is 35.1 Å². The van der Waals surface area contributed by atoms with Gasteiger partial charge in [-0.15, -0.1) is 0 Å². The molecule has 1 heterocycles. The Balaban J connectivity index is 2.07. The standard InChI is InChI=1S/C15H17BrN4O2/c1-10-3-4-11(7-12(10)16)20-14-8-13(18-9-19-14)15(21)17-5-6-22-2/h3-4,7-9H,5-6H2,1-2H3,(H,17,21)(H,18,19,20). The van der Waals surface area contributed by atoms with Crippen LogP contribution in [-0.2, 0) is 4.74 Å². The van der Waals surface area contributed by atoms with Gasteiger partial charge in [0.05, 0.1) is 6.61 Å². The summed E-state index contributed by atoms with van der Waals surface area (Å²) < 4.78 is 5.89. The van der Waals surface area contributed by atoms with Crippen molar-refractivity contribution in [2.75, 3.05) is 25.6 Å². The predicted octanol–water partition coefficient (Wildman–Crippen LogP) is 2.67. The van der Waals surface area contributed by atoms with E-state index < -0.39 is 0 Å². The number of amides is 1. The number of halogens is 1. The summed E-state index contributed by atoms with van der Waals surface area (Å²) in [6.07, 6.45) is 1.36. The number of methoxy groups -OCH3 is 1. The predicted molar refractivity (Wildman–Crippen MR) is 88.4 cm³/mol. The second-order valence-corrected chi connectivity index (χ2v) is 5.48. The van der Waals surface area contributed by atoms with E-state index in [0.717, 1.165) is 15.7 Å². The van der Waals surface area contributed by atoms with Crippen LogP contribution < -0.4 is 10.6 Å². The highest BCUT2D eigenvalue weighted by atomic mass is 79.9. The second kappa shape index (κ2) is 7.86. The molecule has 0 atom stereocenters. The van der Waals surface area contributed by atoms with Gasteiger partial charge in [0.1, 0.15) is 17.8 Å². The molecule has 0 bridgehead atoms. The maximum Gasteiger partial charge on any atom is 0.270 e. The number of aryl methyl sites for hydroxylation is 1. The zero-order chi connectivity index (χ0) is 15.9. The van der Waals surface area contributed by atoms with Gasteiger partial charge < -0.3 is 15.4 Å². The molecule has 116 valence electrons. The number of rotatable bonds is 6. The Bertz CT molecular complexity index is 664. The summed E-state index contributed by atoms with van der Waals surface area (Å²) in [5.74, 6) is 0.301. The van der Waals surface area contributed by atoms with E-state index >= 15 is 0 Å². The zero-order valence-electron chi connectivity index (χ0n) is 12.4. The smallest absolute Gasteiger partial charge is 0.270 e. The molecule has 1 aromatic carbocycles. The van der Waals surface area contributed by atoms with Gasteiger partial charge in [0.25, 0.3) is 5.91 Å². The molecule has 0 unspecified atom stereocenters. The van der Waals surface area contributed by atoms with E-state index in [-0.39, 0.29) is 5.91 Å². The number of benzene rings is 1. The summed E-state index contributed by atoms with van der Waals surface area (Å²) in [7, 11) is 1.58. The number of anilines is 2. The van der Waals surface area contributed by atoms with E-state index in [2.05, 4.69) is 36.5 Å². The van der Waals surface area contributed by atoms with E-state index in [1.54, 1.807) is 13.2 Å². The number of carbonyl (C=O) groups excluding carboxylic acids is 1. The van der Waals surface area contributed by atoms with Crippen LogP contribution in [0.3, 0.4) is 0 Å². The summed E-state index contributed by atoms with van der Waals surface area (Å²) in [5, 5.41) is 5.87. The van der Waals surface area contributed by atoms with Crippen molar-refractivity contribution in [2.45, 2.75) is 6.92 Å². The number of ether oxygens (including phenoxy) is 1. The lowest BCUT2D eigenvalue weighted by Gasteiger charge is -2.08. The summed E-state index contributed by atoms with van der Waals surface area (Å²) in [4.78, 5) is 20.0. The van der Waals surface area contributed by atoms with Crippen molar-refractivity contribution in [3.05, 3.63) is 46.3 Å². The molecule has 7 heteroatoms. The Morgan fingerprint density at radius 1 is 1.32 bits per heavy atom. The van der Waals surface area contributed by atoms with Gasteiger partial charge in [-0.05, 0) is 24.6 Å². The minimum Gasteiger partial charge on any atom is -0.383 e. The fourth-order valence-electron chi connectivity index (χ4n) is 1.73. The Morgan fingerprint density at radius 2 is 2.14 bits per heavy atom. The van der Waals surface area contributed by atoms with Gasteiger partial charge in [-0.1, -0.05) is 22.0 Å². The molecule has 0 aliphatic rings. The molecule has 22 heavy (non-hydrogen) atoms. The third kappa shape index (κ3) is 4.51. The van der Waals surface area contributed by atoms with Crippen molar-refractivity contribution in [3.63, 3.8) is 0 Å². The van der Waals surface area contributed by atoms with Gasteiger partial charge in [-0.25, -0.2) is 9.97 Å². The Hall–Kier alpha value is -1.99. The molecule has 1 aromatic heterocycles. The number of hydrogen-bond donors (Lipinski definition) is 2. The molecule has 0 aliphatic carbocycles. The maximum atomic E-state index is 11.9. The lowest BCUT2D eigenvalue weighted by Crippen LogP contribution is -2.27. The molecule has 2 aromatic rings. The molecular formula is C15H17BrN4O2. The van der Waals surface area contributed by atoms with Crippen LogP contribution in [0.4, 0.5) is 11.5 Å². The van der Waals surface area contributed by atoms with Crippen LogP contribution in [-0.4, -0.2) is 36.1 Å². The molecule has 6 nitrogen and oxygen atoms in total. The highest BCUT2D eigenvalue weighted by Gasteiger charge is 2.08. The molecule has 0 aliphatic heterocycles. The minimum atomic E-state index is -0.257. The third-order valence-corrected chi connectivity index (χ3v) is 3.79. The quantitative estimate of drug-likeness (QED) is 0.770. The molecule has 1 amide bonds. The van der Waals surface area contributed by atoms with E-state index in [1.807, 2.05) is 25.1 Å². The van der Waals surface area contributed by atoms with E-state index in [4.69, 9.17) is 4.74 Å². The molecule has 2 rings (SSSR count). The lowest BCUT2D eigenvalue weighted by molar-refractivity contribution is 0.0932. The first-order valence-corrected chi connectivity index (χ1v) is 7.52. The van der Waals surface area contributed by atoms with Gasteiger partial charge in [-0.3, -0.25) is 4.79 Å². The SMILES string of the molecule is COCCNC(=O)c1cc(Nc2ccc(C)c(Br)c2)ncn1. The molecular weight excluding hydrogens is 348 g/mol. The van der Waals surface area contributed by atoms with Crippen LogP contribution in [0, 0.1) is 6.92 Å². The van der Waals surface area contributed by atoms with Gasteiger partial charge in [0, 0.05) is 29.9 Å². The molecule has 0 spiro atoms. The average molecular weight is 365 g/mol. The van der Waals surface area contributed by atoms with Gasteiger partial charge >= 0.3 is 0 Å². The van der Waals surface area contributed by atoms with Crippen molar-refractivity contribution in [1.82, 2.24) is 15.3 Å². The first kappa shape index (κ1) is 16.4. The van der Waals surface area contributed by atoms with Crippen molar-refractivity contribution >= 4 is 33.3 Å². The Morgan fingerprint density at radius 3 is 2.86 bits per heavy atom. The van der Waals surface area contributed by atoms with Crippen LogP contribution in [0.5, 0.6) is 0 Å². The molecule has 0 saturated carbocycles. The summed E-state index contributed by atoms with van der Waals surface area (Å²) in [5.41, 5.74) is 2.33. The molecule has 0 radical (unpaired) electrons. The van der Waals surface area contributed by atoms with Gasteiger partial charge in [-0.2, -0.15) is 0 Å². The average Bonchev–Trinajstić information content (AvgIpc) is 2.51. The minimum absolute atomic E-state index is 0.257. The maximum absolute atomic E-state index is 11.9. The largest absolute Gasteiger partial charge is 0.383 e. The van der Waals surface area contributed by atoms with Crippen molar-refractivity contribution in [2.24, 2.45) is 0 Å². The van der Waals surface area contributed by atoms with Crippen molar-refractivity contribution < 1.29 is 9.53 Å². The van der Waals surface area contributed by atoms with Crippen LogP contribution >= 0.6 is 15.9 Å². The zero-order valence-corrected chi connectivity index (χ0v) is 14.0. The number of aromatic nitrogens is 2. The highest BCUT2D eigenvalue weighted by molar-refractivity contribution is 9.10. The van der Waals surface area contributed by atoms with E-state index in [0.29, 0.717) is 24.7 Å². The molecule has 0 fully saturated rings. The Labute approximate surface area is 137 Å². The van der Waals surface area contributed by atoms with Crippen LogP contribution in [0.2, 0.25) is 0 Å². The van der Waals surface area contributed by atoms with Crippen LogP contribution in [0.25, 0.3) is 0 Å². The summed E-state index contributed by atoms with van der Waals surface area (Å²) in [6, 6.07) is 7.50. The normalized spacial score (nSPS) is 10.3. The number of nitrogens with zero attached hydrogens (tertiary/aromatic N) is 2. The number of hydrogen-bond acceptors (Lipinski definition) is 5. The second-order valence-electron chi connectivity index (χ2n) is 4.63. The van der Waals surface area contributed by atoms with E-state index in [1.165, 1.54) is 6.33 Å². The lowest BCUT2D eigenvalue weighted by atomic mass is 10.2. The highest BCUT2D eigenvalue weighted by Crippen LogP contribution is 2.22. The first-order chi connectivity index (χ1) is 10.6. The topological polar surface area (TPSA) is 76.1 Å². The van der Waals surface area contributed by atoms with Crippen molar-refractivity contribution in [3.8, 4) is 0 Å². The third-order valence-electron chi connectivity index (χ3n) is 2.94. The first-order valence-electron chi connectivity index (χ1n) is 6.72. The fraction of sp³-hybridized carbons (Fsp3) is 0.267. The molecule has 0 saturated heterocycles. The summed E-state index contributed by atoms with van der Waals surface area (Å²) in [6.45, 7) is 2.91. The fourth-order valence-corrected chi connectivity index (χ4v) is 2.10. The monoisotopic (exact) mass is 364 g/mol. The number of nitrogens with one attached hydrogen (secondary N) is 2. The summed E-state index contributed by atoms with van der Waals surface area (Å²) >= 11 is 3.48. The van der Waals surface area contributed by atoms with Gasteiger partial charge in [0.2, 0.25) is 0 Å². The van der Waals surface area contributed by atoms with Crippen molar-refractivity contribution in [1.29, 1.82) is 0 Å². The molecule has 2 N–H and O–H groups in total. The Kier molecular flexibility index (Phi) is 5.85.